The normalized spacial score (nSPS) is 10.5. The number of rotatable bonds is 6. The van der Waals surface area contributed by atoms with Crippen molar-refractivity contribution < 1.29 is 0 Å². The fraction of sp³-hybridized carbons (Fsp3) is 0.385. The second-order valence-electron chi connectivity index (χ2n) is 4.07. The number of aromatic nitrogens is 3. The van der Waals surface area contributed by atoms with Crippen LogP contribution in [0.5, 0.6) is 0 Å². The number of benzene rings is 1. The van der Waals surface area contributed by atoms with Crippen LogP contribution in [0.2, 0.25) is 5.02 Å². The molecule has 0 spiro atoms. The summed E-state index contributed by atoms with van der Waals surface area (Å²) in [5.74, 6) is 1.73. The summed E-state index contributed by atoms with van der Waals surface area (Å²) >= 11 is 5.85. The Bertz CT molecular complexity index is 520. The van der Waals surface area contributed by atoms with Crippen molar-refractivity contribution in [1.82, 2.24) is 14.8 Å². The fourth-order valence-electron chi connectivity index (χ4n) is 1.84. The quantitative estimate of drug-likeness (QED) is 0.853. The van der Waals surface area contributed by atoms with Gasteiger partial charge in [-0.2, -0.15) is 0 Å². The Hall–Kier alpha value is -1.75. The topological polar surface area (TPSA) is 54.8 Å². The van der Waals surface area contributed by atoms with Crippen LogP contribution in [0.3, 0.4) is 0 Å². The SMILES string of the molecule is CCNc1nnc(CNc2ccc(Cl)cc2)n1CC. The van der Waals surface area contributed by atoms with E-state index in [1.165, 1.54) is 0 Å². The summed E-state index contributed by atoms with van der Waals surface area (Å²) in [6, 6.07) is 7.61. The summed E-state index contributed by atoms with van der Waals surface area (Å²) in [4.78, 5) is 0. The molecule has 2 aromatic rings. The first-order valence-corrected chi connectivity index (χ1v) is 6.77. The van der Waals surface area contributed by atoms with E-state index in [0.717, 1.165) is 35.6 Å². The average Bonchev–Trinajstić information content (AvgIpc) is 2.81. The Kier molecular flexibility index (Phi) is 4.63. The molecular weight excluding hydrogens is 262 g/mol. The lowest BCUT2D eigenvalue weighted by atomic mass is 10.3. The number of anilines is 2. The van der Waals surface area contributed by atoms with E-state index in [1.807, 2.05) is 31.2 Å². The van der Waals surface area contributed by atoms with Crippen molar-refractivity contribution in [2.24, 2.45) is 0 Å². The van der Waals surface area contributed by atoms with E-state index in [-0.39, 0.29) is 0 Å². The molecule has 0 saturated carbocycles. The molecule has 0 aliphatic carbocycles. The molecule has 0 amide bonds. The van der Waals surface area contributed by atoms with Gasteiger partial charge in [-0.25, -0.2) is 0 Å². The predicted molar refractivity (Wildman–Crippen MR) is 78.6 cm³/mol. The number of halogens is 1. The van der Waals surface area contributed by atoms with E-state index in [0.29, 0.717) is 6.54 Å². The Labute approximate surface area is 118 Å². The molecule has 19 heavy (non-hydrogen) atoms. The van der Waals surface area contributed by atoms with Crippen molar-refractivity contribution in [2.45, 2.75) is 26.9 Å². The molecule has 0 unspecified atom stereocenters. The zero-order valence-electron chi connectivity index (χ0n) is 11.2. The summed E-state index contributed by atoms with van der Waals surface area (Å²) in [6.07, 6.45) is 0. The number of hydrogen-bond acceptors (Lipinski definition) is 4. The molecule has 6 heteroatoms. The van der Waals surface area contributed by atoms with Gasteiger partial charge in [0.05, 0.1) is 6.54 Å². The molecule has 0 radical (unpaired) electrons. The molecule has 1 aromatic carbocycles. The maximum atomic E-state index is 5.85. The molecular formula is C13H18ClN5. The molecule has 102 valence electrons. The molecule has 0 bridgehead atoms. The van der Waals surface area contributed by atoms with Gasteiger partial charge in [0.15, 0.2) is 5.82 Å². The summed E-state index contributed by atoms with van der Waals surface area (Å²) in [6.45, 7) is 6.43. The summed E-state index contributed by atoms with van der Waals surface area (Å²) in [7, 11) is 0. The van der Waals surface area contributed by atoms with Crippen LogP contribution in [-0.4, -0.2) is 21.3 Å². The standard InChI is InChI=1S/C13H18ClN5/c1-3-15-13-18-17-12(19(13)4-2)9-16-11-7-5-10(14)6-8-11/h5-8,16H,3-4,9H2,1-2H3,(H,15,18). The van der Waals surface area contributed by atoms with Crippen molar-refractivity contribution in [2.75, 3.05) is 17.2 Å². The van der Waals surface area contributed by atoms with Gasteiger partial charge in [-0.1, -0.05) is 11.6 Å². The third kappa shape index (κ3) is 3.38. The zero-order valence-corrected chi connectivity index (χ0v) is 11.9. The third-order valence-corrected chi connectivity index (χ3v) is 3.03. The highest BCUT2D eigenvalue weighted by molar-refractivity contribution is 6.30. The number of nitrogens with one attached hydrogen (secondary N) is 2. The van der Waals surface area contributed by atoms with Gasteiger partial charge in [-0.05, 0) is 38.1 Å². The van der Waals surface area contributed by atoms with Crippen LogP contribution in [0.25, 0.3) is 0 Å². The summed E-state index contributed by atoms with van der Waals surface area (Å²) in [5.41, 5.74) is 1.01. The van der Waals surface area contributed by atoms with Crippen molar-refractivity contribution >= 4 is 23.2 Å². The highest BCUT2D eigenvalue weighted by Crippen LogP contribution is 2.15. The zero-order chi connectivity index (χ0) is 13.7. The molecule has 0 aliphatic rings. The maximum absolute atomic E-state index is 5.85. The average molecular weight is 280 g/mol. The molecule has 2 N–H and O–H groups in total. The van der Waals surface area contributed by atoms with E-state index < -0.39 is 0 Å². The minimum Gasteiger partial charge on any atom is -0.378 e. The van der Waals surface area contributed by atoms with Gasteiger partial charge in [-0.3, -0.25) is 4.57 Å². The second-order valence-corrected chi connectivity index (χ2v) is 4.51. The van der Waals surface area contributed by atoms with Gasteiger partial charge in [-0.15, -0.1) is 10.2 Å². The van der Waals surface area contributed by atoms with E-state index in [1.54, 1.807) is 0 Å². The lowest BCUT2D eigenvalue weighted by molar-refractivity contribution is 0.712. The number of hydrogen-bond donors (Lipinski definition) is 2. The predicted octanol–water partition coefficient (Wildman–Crippen LogP) is 3.00. The van der Waals surface area contributed by atoms with Crippen LogP contribution < -0.4 is 10.6 Å². The van der Waals surface area contributed by atoms with Crippen LogP contribution in [0.15, 0.2) is 24.3 Å². The second kappa shape index (κ2) is 6.43. The van der Waals surface area contributed by atoms with E-state index in [4.69, 9.17) is 11.6 Å². The smallest absolute Gasteiger partial charge is 0.224 e. The highest BCUT2D eigenvalue weighted by atomic mass is 35.5. The Morgan fingerprint density at radius 3 is 2.47 bits per heavy atom. The molecule has 5 nitrogen and oxygen atoms in total. The lowest BCUT2D eigenvalue weighted by Gasteiger charge is -2.09. The third-order valence-electron chi connectivity index (χ3n) is 2.77. The van der Waals surface area contributed by atoms with E-state index >= 15 is 0 Å². The molecule has 1 aromatic heterocycles. The van der Waals surface area contributed by atoms with Crippen molar-refractivity contribution in [1.29, 1.82) is 0 Å². The van der Waals surface area contributed by atoms with Gasteiger partial charge in [0.25, 0.3) is 0 Å². The first-order valence-electron chi connectivity index (χ1n) is 6.40. The molecule has 0 saturated heterocycles. The molecule has 0 atom stereocenters. The molecule has 0 fully saturated rings. The van der Waals surface area contributed by atoms with Gasteiger partial charge < -0.3 is 10.6 Å². The first-order chi connectivity index (χ1) is 9.24. The number of nitrogens with zero attached hydrogens (tertiary/aromatic N) is 3. The van der Waals surface area contributed by atoms with Gasteiger partial charge in [0.1, 0.15) is 0 Å². The van der Waals surface area contributed by atoms with Crippen LogP contribution in [0.4, 0.5) is 11.6 Å². The maximum Gasteiger partial charge on any atom is 0.224 e. The molecule has 0 aliphatic heterocycles. The monoisotopic (exact) mass is 279 g/mol. The lowest BCUT2D eigenvalue weighted by Crippen LogP contribution is -2.11. The summed E-state index contributed by atoms with van der Waals surface area (Å²) in [5, 5.41) is 15.6. The molecule has 1 heterocycles. The largest absolute Gasteiger partial charge is 0.378 e. The minimum atomic E-state index is 0.633. The van der Waals surface area contributed by atoms with Crippen molar-refractivity contribution in [3.8, 4) is 0 Å². The Morgan fingerprint density at radius 2 is 1.84 bits per heavy atom. The van der Waals surface area contributed by atoms with Crippen LogP contribution in [0.1, 0.15) is 19.7 Å². The van der Waals surface area contributed by atoms with Crippen molar-refractivity contribution in [3.05, 3.63) is 35.1 Å². The highest BCUT2D eigenvalue weighted by Gasteiger charge is 2.09. The Morgan fingerprint density at radius 1 is 1.11 bits per heavy atom. The van der Waals surface area contributed by atoms with E-state index in [9.17, 15) is 0 Å². The minimum absolute atomic E-state index is 0.633. The van der Waals surface area contributed by atoms with Crippen molar-refractivity contribution in [3.63, 3.8) is 0 Å². The van der Waals surface area contributed by atoms with Gasteiger partial charge in [0, 0.05) is 23.8 Å². The van der Waals surface area contributed by atoms with Crippen LogP contribution in [-0.2, 0) is 13.1 Å². The van der Waals surface area contributed by atoms with E-state index in [2.05, 4.69) is 32.3 Å². The Balaban J connectivity index is 2.04. The fourth-order valence-corrected chi connectivity index (χ4v) is 1.96. The van der Waals surface area contributed by atoms with Crippen LogP contribution in [0, 0.1) is 0 Å². The first kappa shape index (κ1) is 13.7. The van der Waals surface area contributed by atoms with Gasteiger partial charge >= 0.3 is 0 Å². The van der Waals surface area contributed by atoms with Crippen LogP contribution >= 0.6 is 11.6 Å². The molecule has 2 rings (SSSR count). The van der Waals surface area contributed by atoms with Gasteiger partial charge in [0.2, 0.25) is 5.95 Å². The summed E-state index contributed by atoms with van der Waals surface area (Å²) < 4.78 is 2.06.